The van der Waals surface area contributed by atoms with Crippen molar-refractivity contribution in [2.75, 3.05) is 0 Å². The van der Waals surface area contributed by atoms with Crippen LogP contribution in [0, 0.1) is 0 Å². The van der Waals surface area contributed by atoms with Crippen molar-refractivity contribution in [2.45, 2.75) is 0 Å². The van der Waals surface area contributed by atoms with Crippen molar-refractivity contribution in [3.05, 3.63) is 33.8 Å². The van der Waals surface area contributed by atoms with Crippen LogP contribution in [-0.4, -0.2) is 22.4 Å². The average molecular weight is 253 g/mol. The molecule has 0 spiro atoms. The van der Waals surface area contributed by atoms with Crippen LogP contribution in [0.4, 0.5) is 0 Å². The zero-order valence-corrected chi connectivity index (χ0v) is 8.33. The van der Waals surface area contributed by atoms with Gasteiger partial charge in [-0.2, -0.15) is 0 Å². The van der Waals surface area contributed by atoms with E-state index in [1.807, 2.05) is 24.3 Å². The molecule has 0 saturated carbocycles. The first kappa shape index (κ1) is 11.9. The van der Waals surface area contributed by atoms with Gasteiger partial charge >= 0.3 is 7.32 Å². The van der Waals surface area contributed by atoms with Gasteiger partial charge in [0.15, 0.2) is 0 Å². The molecule has 3 nitrogen and oxygen atoms in total. The molecular weight excluding hydrogens is 246 g/mol. The topological polar surface area (TPSA) is 60.7 Å². The monoisotopic (exact) mass is 252 g/mol. The van der Waals surface area contributed by atoms with Crippen LogP contribution in [0.25, 0.3) is 0 Å². The molecule has 0 aliphatic rings. The molecule has 0 heterocycles. The van der Waals surface area contributed by atoms with Gasteiger partial charge in [-0.3, -0.25) is 0 Å². The minimum Gasteiger partial charge on any atom is -0.402 e. The normalized spacial score (nSPS) is 8.42. The number of hydrogen-bond donors (Lipinski definition) is 3. The van der Waals surface area contributed by atoms with Crippen LogP contribution in [0.1, 0.15) is 0 Å². The first-order valence-corrected chi connectivity index (χ1v) is 4.14. The summed E-state index contributed by atoms with van der Waals surface area (Å²) in [4.78, 5) is 0. The lowest BCUT2D eigenvalue weighted by Crippen LogP contribution is -2.07. The van der Waals surface area contributed by atoms with E-state index in [9.17, 15) is 0 Å². The minimum absolute atomic E-state index is 0.763. The molecule has 6 heteroatoms. The van der Waals surface area contributed by atoms with Gasteiger partial charge in [0, 0.05) is 9.50 Å². The van der Waals surface area contributed by atoms with Gasteiger partial charge in [-0.1, -0.05) is 33.6 Å². The maximum Gasteiger partial charge on any atom is 0.631 e. The van der Waals surface area contributed by atoms with Gasteiger partial charge in [0.2, 0.25) is 0 Å². The summed E-state index contributed by atoms with van der Waals surface area (Å²) in [6.45, 7) is 0. The maximum atomic E-state index is 7.17. The first-order chi connectivity index (χ1) is 5.52. The molecule has 3 N–H and O–H groups in total. The fraction of sp³-hybridized carbons (Fsp3) is 0. The molecule has 0 saturated heterocycles. The standard InChI is InChI=1S/C6H4BrCl.BH3O3/c7-5-2-1-3-6(8)4-5;2-1(3)4/h1-4H;2-4H. The van der Waals surface area contributed by atoms with Crippen molar-refractivity contribution >= 4 is 34.9 Å². The van der Waals surface area contributed by atoms with E-state index in [0.29, 0.717) is 0 Å². The van der Waals surface area contributed by atoms with Crippen molar-refractivity contribution < 1.29 is 15.1 Å². The summed E-state index contributed by atoms with van der Waals surface area (Å²) in [6.07, 6.45) is 0. The molecule has 1 rings (SSSR count). The Morgan fingerprint density at radius 2 is 1.75 bits per heavy atom. The van der Waals surface area contributed by atoms with Crippen LogP contribution in [0.3, 0.4) is 0 Å². The van der Waals surface area contributed by atoms with Crippen LogP contribution in [0.5, 0.6) is 0 Å². The summed E-state index contributed by atoms with van der Waals surface area (Å²) in [5, 5.41) is 22.3. The Hall–Kier alpha value is -0.0651. The van der Waals surface area contributed by atoms with Gasteiger partial charge in [-0.15, -0.1) is 0 Å². The van der Waals surface area contributed by atoms with Gasteiger partial charge in [0.25, 0.3) is 0 Å². The van der Waals surface area contributed by atoms with E-state index in [4.69, 9.17) is 26.7 Å². The predicted molar refractivity (Wildman–Crippen MR) is 51.6 cm³/mol. The highest BCUT2D eigenvalue weighted by Gasteiger charge is 1.92. The van der Waals surface area contributed by atoms with Crippen molar-refractivity contribution in [1.29, 1.82) is 0 Å². The van der Waals surface area contributed by atoms with E-state index in [-0.39, 0.29) is 0 Å². The van der Waals surface area contributed by atoms with Gasteiger partial charge < -0.3 is 15.1 Å². The maximum absolute atomic E-state index is 7.17. The van der Waals surface area contributed by atoms with Crippen LogP contribution in [0.15, 0.2) is 28.7 Å². The van der Waals surface area contributed by atoms with Crippen LogP contribution in [0.2, 0.25) is 5.02 Å². The van der Waals surface area contributed by atoms with E-state index < -0.39 is 7.32 Å². The highest BCUT2D eigenvalue weighted by molar-refractivity contribution is 9.10. The lowest BCUT2D eigenvalue weighted by molar-refractivity contribution is 0.278. The van der Waals surface area contributed by atoms with Crippen LogP contribution in [-0.2, 0) is 0 Å². The second-order valence-electron chi connectivity index (χ2n) is 1.79. The van der Waals surface area contributed by atoms with E-state index in [2.05, 4.69) is 15.9 Å². The van der Waals surface area contributed by atoms with E-state index in [1.165, 1.54) is 0 Å². The molecule has 0 aromatic heterocycles. The number of halogens is 2. The highest BCUT2D eigenvalue weighted by atomic mass is 79.9. The third-order valence-corrected chi connectivity index (χ3v) is 1.52. The second-order valence-corrected chi connectivity index (χ2v) is 3.14. The molecule has 66 valence electrons. The molecule has 1 aromatic carbocycles. The average Bonchev–Trinajstić information content (AvgIpc) is 1.84. The van der Waals surface area contributed by atoms with Crippen LogP contribution < -0.4 is 0 Å². The highest BCUT2D eigenvalue weighted by Crippen LogP contribution is 2.14. The summed E-state index contributed by atoms with van der Waals surface area (Å²) in [5.41, 5.74) is 0. The largest absolute Gasteiger partial charge is 0.631 e. The summed E-state index contributed by atoms with van der Waals surface area (Å²) in [6, 6.07) is 7.52. The number of hydrogen-bond acceptors (Lipinski definition) is 3. The third kappa shape index (κ3) is 8.04. The van der Waals surface area contributed by atoms with Gasteiger partial charge in [-0.25, -0.2) is 0 Å². The predicted octanol–water partition coefficient (Wildman–Crippen LogP) is 1.05. The van der Waals surface area contributed by atoms with Gasteiger partial charge in [0.1, 0.15) is 0 Å². The van der Waals surface area contributed by atoms with Crippen molar-refractivity contribution in [3.63, 3.8) is 0 Å². The number of benzene rings is 1. The Labute approximate surface area is 83.9 Å². The molecule has 1 aromatic rings. The smallest absolute Gasteiger partial charge is 0.402 e. The number of rotatable bonds is 0. The summed E-state index contributed by atoms with van der Waals surface area (Å²) in [5.74, 6) is 0. The molecular formula is C6H7BBrClO3. The van der Waals surface area contributed by atoms with Crippen molar-refractivity contribution in [1.82, 2.24) is 0 Å². The summed E-state index contributed by atoms with van der Waals surface area (Å²) in [7, 11) is -2.17. The SMILES string of the molecule is Clc1cccc(Br)c1.OB(O)O. The Balaban J connectivity index is 0.000000261. The van der Waals surface area contributed by atoms with Crippen molar-refractivity contribution in [2.24, 2.45) is 0 Å². The van der Waals surface area contributed by atoms with Crippen molar-refractivity contribution in [3.8, 4) is 0 Å². The Morgan fingerprint density at radius 3 is 2.00 bits per heavy atom. The molecule has 12 heavy (non-hydrogen) atoms. The molecule has 0 amide bonds. The van der Waals surface area contributed by atoms with Crippen LogP contribution >= 0.6 is 27.5 Å². The third-order valence-electron chi connectivity index (χ3n) is 0.787. The van der Waals surface area contributed by atoms with Gasteiger partial charge in [0.05, 0.1) is 0 Å². The quantitative estimate of drug-likeness (QED) is 0.606. The summed E-state index contributed by atoms with van der Waals surface area (Å²) < 4.78 is 1.02. The Morgan fingerprint density at radius 1 is 1.25 bits per heavy atom. The lowest BCUT2D eigenvalue weighted by Gasteiger charge is -1.87. The van der Waals surface area contributed by atoms with E-state index in [1.54, 1.807) is 0 Å². The lowest BCUT2D eigenvalue weighted by atomic mass is 10.3. The molecule has 0 radical (unpaired) electrons. The van der Waals surface area contributed by atoms with Gasteiger partial charge in [-0.05, 0) is 18.2 Å². The second kappa shape index (κ2) is 6.45. The summed E-state index contributed by atoms with van der Waals surface area (Å²) >= 11 is 8.89. The zero-order chi connectivity index (χ0) is 9.56. The fourth-order valence-electron chi connectivity index (χ4n) is 0.460. The molecule has 0 bridgehead atoms. The molecule has 0 fully saturated rings. The Kier molecular flexibility index (Phi) is 6.42. The molecule has 0 unspecified atom stereocenters. The zero-order valence-electron chi connectivity index (χ0n) is 5.98. The van der Waals surface area contributed by atoms with E-state index in [0.717, 1.165) is 9.50 Å². The minimum atomic E-state index is -2.17. The Bertz CT molecular complexity index is 214. The molecule has 0 atom stereocenters. The molecule has 0 aliphatic carbocycles. The molecule has 0 aliphatic heterocycles. The van der Waals surface area contributed by atoms with E-state index >= 15 is 0 Å². The first-order valence-electron chi connectivity index (χ1n) is 2.97. The fourth-order valence-corrected chi connectivity index (χ4v) is 1.18.